The monoisotopic (exact) mass is 382 g/mol. The first-order valence-corrected chi connectivity index (χ1v) is 9.71. The maximum Gasteiger partial charge on any atom is 0.198 e. The Morgan fingerprint density at radius 3 is 2.71 bits per heavy atom. The molecule has 3 aromatic rings. The van der Waals surface area contributed by atoms with Gasteiger partial charge in [-0.05, 0) is 44.3 Å². The molecule has 3 N–H and O–H groups in total. The second-order valence-corrected chi connectivity index (χ2v) is 6.66. The number of aliphatic imine (C=N–C) groups is 1. The van der Waals surface area contributed by atoms with Crippen LogP contribution in [0.3, 0.4) is 0 Å². The van der Waals surface area contributed by atoms with E-state index < -0.39 is 0 Å². The molecule has 0 unspecified atom stereocenters. The summed E-state index contributed by atoms with van der Waals surface area (Å²) in [6.45, 7) is 8.07. The van der Waals surface area contributed by atoms with Crippen molar-refractivity contribution in [3.05, 3.63) is 53.8 Å². The van der Waals surface area contributed by atoms with Crippen LogP contribution in [0.4, 0.5) is 15.8 Å². The fourth-order valence-electron chi connectivity index (χ4n) is 3.21. The highest BCUT2D eigenvalue weighted by Crippen LogP contribution is 2.27. The minimum Gasteiger partial charge on any atom is -0.494 e. The molecule has 5 nitrogen and oxygen atoms in total. The average molecular weight is 382 g/mol. The summed E-state index contributed by atoms with van der Waals surface area (Å²) >= 11 is 0. The highest BCUT2D eigenvalue weighted by atomic mass is 19.1. The Morgan fingerprint density at radius 2 is 1.96 bits per heavy atom. The molecular weight excluding hydrogens is 355 g/mol. The van der Waals surface area contributed by atoms with Gasteiger partial charge >= 0.3 is 0 Å². The number of nitrogens with zero attached hydrogens (tertiary/aromatic N) is 2. The topological polar surface area (TPSA) is 63.6 Å². The van der Waals surface area contributed by atoms with E-state index in [2.05, 4.69) is 34.0 Å². The van der Waals surface area contributed by atoms with Gasteiger partial charge in [0, 0.05) is 29.7 Å². The molecule has 0 aliphatic carbocycles. The van der Waals surface area contributed by atoms with Crippen LogP contribution in [0.25, 0.3) is 10.9 Å². The molecule has 0 radical (unpaired) electrons. The summed E-state index contributed by atoms with van der Waals surface area (Å²) in [6, 6.07) is 12.4. The number of aromatic hydroxyl groups is 1. The summed E-state index contributed by atoms with van der Waals surface area (Å²) in [6.07, 6.45) is 2.51. The van der Waals surface area contributed by atoms with Crippen LogP contribution in [-0.2, 0) is 0 Å². The second kappa shape index (κ2) is 9.37. The van der Waals surface area contributed by atoms with Crippen molar-refractivity contribution in [2.45, 2.75) is 20.3 Å². The van der Waals surface area contributed by atoms with Crippen molar-refractivity contribution in [3.63, 3.8) is 0 Å². The van der Waals surface area contributed by atoms with Crippen LogP contribution >= 0.6 is 0 Å². The minimum absolute atomic E-state index is 0.0527. The molecule has 2 aromatic carbocycles. The average Bonchev–Trinajstić information content (AvgIpc) is 3.02. The van der Waals surface area contributed by atoms with E-state index in [0.29, 0.717) is 16.9 Å². The van der Waals surface area contributed by atoms with E-state index in [9.17, 15) is 9.50 Å². The first-order chi connectivity index (χ1) is 13.6. The molecule has 28 heavy (non-hydrogen) atoms. The number of benzene rings is 2. The van der Waals surface area contributed by atoms with Crippen molar-refractivity contribution in [2.24, 2.45) is 4.99 Å². The summed E-state index contributed by atoms with van der Waals surface area (Å²) in [5.41, 5.74) is 2.40. The number of anilines is 1. The van der Waals surface area contributed by atoms with E-state index in [4.69, 9.17) is 0 Å². The van der Waals surface area contributed by atoms with Crippen molar-refractivity contribution < 1.29 is 9.50 Å². The minimum atomic E-state index is -0.333. The van der Waals surface area contributed by atoms with Crippen LogP contribution in [0, 0.1) is 5.82 Å². The first kappa shape index (κ1) is 19.9. The number of rotatable bonds is 9. The number of hydrogen-bond donors (Lipinski definition) is 3. The van der Waals surface area contributed by atoms with Gasteiger partial charge in [-0.3, -0.25) is 4.99 Å². The highest BCUT2D eigenvalue weighted by Gasteiger charge is 2.08. The maximum atomic E-state index is 14.4. The van der Waals surface area contributed by atoms with Crippen LogP contribution in [0.15, 0.2) is 47.5 Å². The summed E-state index contributed by atoms with van der Waals surface area (Å²) in [5, 5.41) is 14.1. The molecule has 0 saturated heterocycles. The van der Waals surface area contributed by atoms with Gasteiger partial charge in [0.15, 0.2) is 5.88 Å². The van der Waals surface area contributed by atoms with E-state index in [0.717, 1.165) is 43.5 Å². The number of fused-ring (bicyclic) bond motifs is 1. The van der Waals surface area contributed by atoms with Gasteiger partial charge in [-0.15, -0.1) is 0 Å². The fraction of sp³-hybridized carbons (Fsp3) is 0.318. The van der Waals surface area contributed by atoms with Crippen LogP contribution < -0.4 is 5.32 Å². The smallest absolute Gasteiger partial charge is 0.198 e. The lowest BCUT2D eigenvalue weighted by Crippen LogP contribution is -2.25. The van der Waals surface area contributed by atoms with Crippen molar-refractivity contribution in [1.82, 2.24) is 9.88 Å². The standard InChI is InChI=1S/C22H27FN4O/c1-3-27(4-2)13-7-12-24-21-11-10-16(14-19(21)23)25-15-18-17-8-5-6-9-20(17)26-22(18)28/h5-6,8-11,14-15,24,26,28H,3-4,7,12-13H2,1-2H3. The van der Waals surface area contributed by atoms with E-state index in [1.807, 2.05) is 24.3 Å². The molecule has 1 heterocycles. The Hall–Kier alpha value is -2.86. The zero-order valence-electron chi connectivity index (χ0n) is 16.4. The molecule has 0 spiro atoms. The molecule has 0 bridgehead atoms. The van der Waals surface area contributed by atoms with Crippen molar-refractivity contribution >= 4 is 28.5 Å². The molecule has 0 amide bonds. The summed E-state index contributed by atoms with van der Waals surface area (Å²) in [7, 11) is 0. The molecule has 0 aliphatic heterocycles. The third-order valence-corrected chi connectivity index (χ3v) is 4.88. The van der Waals surface area contributed by atoms with E-state index in [1.165, 1.54) is 6.07 Å². The molecule has 0 saturated carbocycles. The van der Waals surface area contributed by atoms with E-state index in [1.54, 1.807) is 18.3 Å². The lowest BCUT2D eigenvalue weighted by Gasteiger charge is -2.18. The number of hydrogen-bond acceptors (Lipinski definition) is 4. The van der Waals surface area contributed by atoms with E-state index >= 15 is 0 Å². The van der Waals surface area contributed by atoms with Crippen molar-refractivity contribution in [3.8, 4) is 5.88 Å². The Balaban J connectivity index is 1.64. The summed E-state index contributed by atoms with van der Waals surface area (Å²) in [5.74, 6) is -0.280. The first-order valence-electron chi connectivity index (χ1n) is 9.71. The molecule has 0 atom stereocenters. The fourth-order valence-corrected chi connectivity index (χ4v) is 3.21. The number of aromatic nitrogens is 1. The van der Waals surface area contributed by atoms with Crippen molar-refractivity contribution in [1.29, 1.82) is 0 Å². The Bertz CT molecular complexity index is 947. The molecule has 0 aliphatic rings. The number of aromatic amines is 1. The number of nitrogens with one attached hydrogen (secondary N) is 2. The molecule has 6 heteroatoms. The molecular formula is C22H27FN4O. The third-order valence-electron chi connectivity index (χ3n) is 4.88. The lowest BCUT2D eigenvalue weighted by atomic mass is 10.2. The largest absolute Gasteiger partial charge is 0.494 e. The number of H-pyrrole nitrogens is 1. The van der Waals surface area contributed by atoms with Crippen LogP contribution in [0.1, 0.15) is 25.8 Å². The number of para-hydroxylation sites is 1. The van der Waals surface area contributed by atoms with Gasteiger partial charge in [-0.2, -0.15) is 0 Å². The van der Waals surface area contributed by atoms with Crippen LogP contribution in [-0.4, -0.2) is 47.4 Å². The normalized spacial score (nSPS) is 11.7. The maximum absolute atomic E-state index is 14.4. The summed E-state index contributed by atoms with van der Waals surface area (Å²) in [4.78, 5) is 9.57. The molecule has 0 fully saturated rings. The van der Waals surface area contributed by atoms with Gasteiger partial charge in [0.1, 0.15) is 5.82 Å². The Kier molecular flexibility index (Phi) is 6.66. The molecule has 3 rings (SSSR count). The zero-order valence-corrected chi connectivity index (χ0v) is 16.4. The molecule has 1 aromatic heterocycles. The predicted molar refractivity (Wildman–Crippen MR) is 115 cm³/mol. The zero-order chi connectivity index (χ0) is 19.9. The van der Waals surface area contributed by atoms with Crippen molar-refractivity contribution in [2.75, 3.05) is 31.5 Å². The van der Waals surface area contributed by atoms with E-state index in [-0.39, 0.29) is 11.7 Å². The Labute approximate surface area is 164 Å². The van der Waals surface area contributed by atoms with Gasteiger partial charge < -0.3 is 20.3 Å². The van der Waals surface area contributed by atoms with Gasteiger partial charge in [0.05, 0.1) is 16.9 Å². The van der Waals surface area contributed by atoms with Gasteiger partial charge in [-0.1, -0.05) is 32.0 Å². The van der Waals surface area contributed by atoms with Gasteiger partial charge in [0.2, 0.25) is 0 Å². The SMILES string of the molecule is CCN(CC)CCCNc1ccc(N=Cc2c(O)[nH]c3ccccc23)cc1F. The highest BCUT2D eigenvalue weighted by molar-refractivity contribution is 6.02. The lowest BCUT2D eigenvalue weighted by molar-refractivity contribution is 0.303. The Morgan fingerprint density at radius 1 is 1.18 bits per heavy atom. The van der Waals surface area contributed by atoms with Crippen LogP contribution in [0.5, 0.6) is 5.88 Å². The van der Waals surface area contributed by atoms with Crippen LogP contribution in [0.2, 0.25) is 0 Å². The molecule has 148 valence electrons. The quantitative estimate of drug-likeness (QED) is 0.364. The number of halogens is 1. The second-order valence-electron chi connectivity index (χ2n) is 6.66. The van der Waals surface area contributed by atoms with Gasteiger partial charge in [0.25, 0.3) is 0 Å². The third kappa shape index (κ3) is 4.70. The summed E-state index contributed by atoms with van der Waals surface area (Å²) < 4.78 is 14.4. The van der Waals surface area contributed by atoms with Gasteiger partial charge in [-0.25, -0.2) is 4.39 Å². The predicted octanol–water partition coefficient (Wildman–Crippen LogP) is 4.91.